The topological polar surface area (TPSA) is 41.1 Å². The van der Waals surface area contributed by atoms with E-state index in [0.29, 0.717) is 5.92 Å². The van der Waals surface area contributed by atoms with Gasteiger partial charge in [0, 0.05) is 29.2 Å². The van der Waals surface area contributed by atoms with E-state index in [1.807, 2.05) is 18.2 Å². The Morgan fingerprint density at radius 3 is 2.85 bits per heavy atom. The van der Waals surface area contributed by atoms with Crippen LogP contribution in [-0.2, 0) is 11.3 Å². The zero-order valence-corrected chi connectivity index (χ0v) is 15.9. The molecule has 0 radical (unpaired) electrons. The van der Waals surface area contributed by atoms with Gasteiger partial charge >= 0.3 is 0 Å². The second-order valence-corrected chi connectivity index (χ2v) is 7.89. The average molecular weight is 369 g/mol. The molecule has 4 rings (SSSR count). The lowest BCUT2D eigenvalue weighted by Gasteiger charge is -2.29. The molecule has 0 bridgehead atoms. The minimum Gasteiger partial charge on any atom is -0.326 e. The molecule has 2 aliphatic rings. The first-order chi connectivity index (χ1) is 12.7. The predicted molar refractivity (Wildman–Crippen MR) is 106 cm³/mol. The van der Waals surface area contributed by atoms with E-state index in [2.05, 4.69) is 41.8 Å². The quantitative estimate of drug-likeness (QED) is 0.740. The van der Waals surface area contributed by atoms with Crippen LogP contribution in [0.25, 0.3) is 0 Å². The third-order valence-electron chi connectivity index (χ3n) is 5.84. The molecule has 3 unspecified atom stereocenters. The first-order valence-corrected chi connectivity index (χ1v) is 9.96. The minimum atomic E-state index is 0.177. The van der Waals surface area contributed by atoms with Crippen molar-refractivity contribution in [3.05, 3.63) is 64.2 Å². The maximum absolute atomic E-state index is 12.4. The van der Waals surface area contributed by atoms with Gasteiger partial charge in [-0.05, 0) is 60.1 Å². The van der Waals surface area contributed by atoms with E-state index in [-0.39, 0.29) is 17.9 Å². The van der Waals surface area contributed by atoms with Crippen LogP contribution >= 0.6 is 11.6 Å². The Morgan fingerprint density at radius 2 is 2.04 bits per heavy atom. The first-order valence-electron chi connectivity index (χ1n) is 9.58. The maximum atomic E-state index is 12.4. The molecule has 3 atom stereocenters. The van der Waals surface area contributed by atoms with Crippen LogP contribution in [0.5, 0.6) is 0 Å². The number of carbonyl (C=O) groups excluding carboxylic acids is 1. The number of fused-ring (bicyclic) bond motifs is 3. The molecule has 1 saturated carbocycles. The van der Waals surface area contributed by atoms with Gasteiger partial charge < -0.3 is 10.6 Å². The van der Waals surface area contributed by atoms with Crippen molar-refractivity contribution in [3.8, 4) is 0 Å². The van der Waals surface area contributed by atoms with E-state index in [1.54, 1.807) is 0 Å². The highest BCUT2D eigenvalue weighted by atomic mass is 35.5. The third-order valence-corrected chi connectivity index (χ3v) is 6.07. The summed E-state index contributed by atoms with van der Waals surface area (Å²) in [5.74, 6) is 0.792. The van der Waals surface area contributed by atoms with Crippen molar-refractivity contribution in [2.75, 3.05) is 5.32 Å². The summed E-state index contributed by atoms with van der Waals surface area (Å²) in [6, 6.07) is 14.8. The maximum Gasteiger partial charge on any atom is 0.228 e. The van der Waals surface area contributed by atoms with Crippen LogP contribution in [-0.4, -0.2) is 5.91 Å². The summed E-state index contributed by atoms with van der Waals surface area (Å²) >= 11 is 6.08. The number of nitrogens with one attached hydrogen (secondary N) is 2. The van der Waals surface area contributed by atoms with Crippen LogP contribution in [0.4, 0.5) is 5.69 Å². The number of hydrogen-bond donors (Lipinski definition) is 2. The van der Waals surface area contributed by atoms with Crippen LogP contribution in [0.3, 0.4) is 0 Å². The molecule has 2 aromatic rings. The molecule has 0 saturated heterocycles. The number of hydrogen-bond acceptors (Lipinski definition) is 2. The fraction of sp³-hybridized carbons (Fsp3) is 0.409. The van der Waals surface area contributed by atoms with Crippen LogP contribution in [0, 0.1) is 5.92 Å². The van der Waals surface area contributed by atoms with Gasteiger partial charge in [-0.25, -0.2) is 0 Å². The molecule has 1 aliphatic carbocycles. The highest BCUT2D eigenvalue weighted by Gasteiger charge is 2.39. The summed E-state index contributed by atoms with van der Waals surface area (Å²) in [5.41, 5.74) is 4.74. The normalized spacial score (nSPS) is 22.5. The Balaban J connectivity index is 1.53. The summed E-state index contributed by atoms with van der Waals surface area (Å²) < 4.78 is 0. The number of rotatable bonds is 5. The molecule has 4 heteroatoms. The Kier molecular flexibility index (Phi) is 5.01. The summed E-state index contributed by atoms with van der Waals surface area (Å²) in [5, 5.41) is 7.53. The molecular weight excluding hydrogens is 344 g/mol. The predicted octanol–water partition coefficient (Wildman–Crippen LogP) is 5.42. The van der Waals surface area contributed by atoms with E-state index < -0.39 is 0 Å². The standard InChI is InChI=1S/C22H25ClN2O/c1-2-20(24-13-14-5-3-6-16(23)11-14)15-9-10-18-17-7-4-8-19(17)22(26)25-21(18)12-15/h3,5-6,9-12,17,19-20,24H,2,4,7-8,13H2,1H3,(H,25,26). The van der Waals surface area contributed by atoms with Crippen molar-refractivity contribution >= 4 is 23.2 Å². The smallest absolute Gasteiger partial charge is 0.228 e. The Bertz CT molecular complexity index is 820. The zero-order chi connectivity index (χ0) is 18.1. The van der Waals surface area contributed by atoms with Gasteiger partial charge in [0.05, 0.1) is 0 Å². The first kappa shape index (κ1) is 17.6. The van der Waals surface area contributed by atoms with Gasteiger partial charge in [-0.15, -0.1) is 0 Å². The van der Waals surface area contributed by atoms with Crippen LogP contribution < -0.4 is 10.6 Å². The van der Waals surface area contributed by atoms with Crippen molar-refractivity contribution in [1.82, 2.24) is 5.32 Å². The van der Waals surface area contributed by atoms with E-state index in [4.69, 9.17) is 11.6 Å². The summed E-state index contributed by atoms with van der Waals surface area (Å²) in [4.78, 5) is 12.4. The largest absolute Gasteiger partial charge is 0.326 e. The number of carbonyl (C=O) groups is 1. The van der Waals surface area contributed by atoms with Crippen LogP contribution in [0.1, 0.15) is 61.3 Å². The molecule has 0 aromatic heterocycles. The van der Waals surface area contributed by atoms with Crippen molar-refractivity contribution in [1.29, 1.82) is 0 Å². The average Bonchev–Trinajstić information content (AvgIpc) is 3.13. The van der Waals surface area contributed by atoms with Gasteiger partial charge in [0.1, 0.15) is 0 Å². The van der Waals surface area contributed by atoms with Crippen LogP contribution in [0.15, 0.2) is 42.5 Å². The highest BCUT2D eigenvalue weighted by Crippen LogP contribution is 2.46. The molecule has 2 aromatic carbocycles. The van der Waals surface area contributed by atoms with Gasteiger partial charge in [0.2, 0.25) is 5.91 Å². The Hall–Kier alpha value is -1.84. The molecule has 3 nitrogen and oxygen atoms in total. The second kappa shape index (κ2) is 7.42. The molecule has 1 amide bonds. The minimum absolute atomic E-state index is 0.177. The number of anilines is 1. The van der Waals surface area contributed by atoms with Crippen LogP contribution in [0.2, 0.25) is 5.02 Å². The molecule has 2 N–H and O–H groups in total. The summed E-state index contributed by atoms with van der Waals surface area (Å²) in [6.45, 7) is 2.95. The van der Waals surface area contributed by atoms with Crippen molar-refractivity contribution < 1.29 is 4.79 Å². The number of benzene rings is 2. The SMILES string of the molecule is CCC(NCc1cccc(Cl)c1)c1ccc2c(c1)NC(=O)C1CCCC21. The lowest BCUT2D eigenvalue weighted by atomic mass is 9.83. The lowest BCUT2D eigenvalue weighted by Crippen LogP contribution is -2.30. The molecule has 1 aliphatic heterocycles. The Morgan fingerprint density at radius 1 is 1.19 bits per heavy atom. The van der Waals surface area contributed by atoms with Crippen molar-refractivity contribution in [3.63, 3.8) is 0 Å². The van der Waals surface area contributed by atoms with E-state index in [1.165, 1.54) is 16.7 Å². The highest BCUT2D eigenvalue weighted by molar-refractivity contribution is 6.30. The van der Waals surface area contributed by atoms with E-state index in [0.717, 1.165) is 42.9 Å². The molecular formula is C22H25ClN2O. The van der Waals surface area contributed by atoms with Gasteiger partial charge in [-0.2, -0.15) is 0 Å². The monoisotopic (exact) mass is 368 g/mol. The summed E-state index contributed by atoms with van der Waals surface area (Å²) in [7, 11) is 0. The number of amides is 1. The molecule has 1 fully saturated rings. The fourth-order valence-electron chi connectivity index (χ4n) is 4.48. The van der Waals surface area contributed by atoms with Gasteiger partial charge in [-0.3, -0.25) is 4.79 Å². The van der Waals surface area contributed by atoms with Gasteiger partial charge in [-0.1, -0.05) is 49.2 Å². The number of halogens is 1. The second-order valence-electron chi connectivity index (χ2n) is 7.45. The fourth-order valence-corrected chi connectivity index (χ4v) is 4.69. The molecule has 26 heavy (non-hydrogen) atoms. The van der Waals surface area contributed by atoms with Crippen molar-refractivity contribution in [2.24, 2.45) is 5.92 Å². The molecule has 0 spiro atoms. The molecule has 136 valence electrons. The van der Waals surface area contributed by atoms with Crippen molar-refractivity contribution in [2.45, 2.75) is 51.1 Å². The van der Waals surface area contributed by atoms with E-state index >= 15 is 0 Å². The Labute approximate surface area is 160 Å². The summed E-state index contributed by atoms with van der Waals surface area (Å²) in [6.07, 6.45) is 4.30. The van der Waals surface area contributed by atoms with Gasteiger partial charge in [0.25, 0.3) is 0 Å². The third kappa shape index (κ3) is 3.38. The molecule has 1 heterocycles. The lowest BCUT2D eigenvalue weighted by molar-refractivity contribution is -0.120. The zero-order valence-electron chi connectivity index (χ0n) is 15.1. The van der Waals surface area contributed by atoms with Gasteiger partial charge in [0.15, 0.2) is 0 Å². The van der Waals surface area contributed by atoms with E-state index in [9.17, 15) is 4.79 Å².